The van der Waals surface area contributed by atoms with Crippen molar-refractivity contribution >= 4 is 15.9 Å². The molecule has 0 saturated carbocycles. The molecule has 0 spiro atoms. The van der Waals surface area contributed by atoms with Crippen LogP contribution in [-0.2, 0) is 0 Å². The van der Waals surface area contributed by atoms with E-state index in [0.717, 1.165) is 34.6 Å². The Labute approximate surface area is 140 Å². The monoisotopic (exact) mass is 364 g/mol. The van der Waals surface area contributed by atoms with Gasteiger partial charge < -0.3 is 14.2 Å². The standard InChI is InChI=1S/C18H21BrO3/c1-2-20-17-11-5-6-12-18(17)22-14-8-7-13-21-16-10-4-3-9-15(16)19/h3-6,9-12H,2,7-8,13-14H2,1H3. The number of hydrogen-bond acceptors (Lipinski definition) is 3. The van der Waals surface area contributed by atoms with Crippen molar-refractivity contribution in [3.05, 3.63) is 53.0 Å². The highest BCUT2D eigenvalue weighted by Gasteiger charge is 2.03. The van der Waals surface area contributed by atoms with E-state index in [1.165, 1.54) is 0 Å². The second-order valence-corrected chi connectivity index (χ2v) is 5.57. The van der Waals surface area contributed by atoms with Crippen LogP contribution in [0, 0.1) is 0 Å². The summed E-state index contributed by atoms with van der Waals surface area (Å²) in [6, 6.07) is 15.6. The molecule has 0 N–H and O–H groups in total. The van der Waals surface area contributed by atoms with E-state index >= 15 is 0 Å². The predicted molar refractivity (Wildman–Crippen MR) is 92.0 cm³/mol. The maximum atomic E-state index is 5.78. The topological polar surface area (TPSA) is 27.7 Å². The summed E-state index contributed by atoms with van der Waals surface area (Å²) in [7, 11) is 0. The molecule has 0 aliphatic rings. The Kier molecular flexibility index (Phi) is 7.10. The highest BCUT2D eigenvalue weighted by molar-refractivity contribution is 9.10. The third kappa shape index (κ3) is 5.26. The zero-order valence-corrected chi connectivity index (χ0v) is 14.3. The van der Waals surface area contributed by atoms with Crippen molar-refractivity contribution in [2.24, 2.45) is 0 Å². The first-order valence-electron chi connectivity index (χ1n) is 7.53. The fourth-order valence-corrected chi connectivity index (χ4v) is 2.37. The smallest absolute Gasteiger partial charge is 0.161 e. The third-order valence-corrected chi connectivity index (χ3v) is 3.69. The van der Waals surface area contributed by atoms with E-state index in [-0.39, 0.29) is 0 Å². The number of halogens is 1. The maximum Gasteiger partial charge on any atom is 0.161 e. The van der Waals surface area contributed by atoms with Crippen molar-refractivity contribution in [1.82, 2.24) is 0 Å². The van der Waals surface area contributed by atoms with Crippen molar-refractivity contribution in [2.45, 2.75) is 19.8 Å². The lowest BCUT2D eigenvalue weighted by molar-refractivity contribution is 0.251. The summed E-state index contributed by atoms with van der Waals surface area (Å²) in [4.78, 5) is 0. The normalized spacial score (nSPS) is 10.3. The van der Waals surface area contributed by atoms with Gasteiger partial charge in [-0.1, -0.05) is 24.3 Å². The number of rotatable bonds is 9. The average Bonchev–Trinajstić information content (AvgIpc) is 2.54. The second-order valence-electron chi connectivity index (χ2n) is 4.71. The van der Waals surface area contributed by atoms with Gasteiger partial charge in [-0.2, -0.15) is 0 Å². The van der Waals surface area contributed by atoms with Gasteiger partial charge in [0.2, 0.25) is 0 Å². The highest BCUT2D eigenvalue weighted by Crippen LogP contribution is 2.26. The first kappa shape index (κ1) is 16.7. The van der Waals surface area contributed by atoms with Crippen LogP contribution in [0.4, 0.5) is 0 Å². The second kappa shape index (κ2) is 9.36. The van der Waals surface area contributed by atoms with Gasteiger partial charge in [-0.05, 0) is 60.0 Å². The van der Waals surface area contributed by atoms with Gasteiger partial charge in [0, 0.05) is 0 Å². The molecule has 0 aromatic heterocycles. The Morgan fingerprint density at radius 1 is 0.727 bits per heavy atom. The lowest BCUT2D eigenvalue weighted by Gasteiger charge is -2.12. The van der Waals surface area contributed by atoms with Gasteiger partial charge in [0.25, 0.3) is 0 Å². The number of hydrogen-bond donors (Lipinski definition) is 0. The van der Waals surface area contributed by atoms with Crippen LogP contribution in [0.3, 0.4) is 0 Å². The molecule has 22 heavy (non-hydrogen) atoms. The molecule has 0 radical (unpaired) electrons. The fourth-order valence-electron chi connectivity index (χ4n) is 1.97. The molecule has 0 amide bonds. The minimum atomic E-state index is 0.639. The minimum absolute atomic E-state index is 0.639. The summed E-state index contributed by atoms with van der Waals surface area (Å²) in [5.74, 6) is 2.48. The van der Waals surface area contributed by atoms with Gasteiger partial charge in [0.05, 0.1) is 24.3 Å². The first-order chi connectivity index (χ1) is 10.8. The summed E-state index contributed by atoms with van der Waals surface area (Å²) in [5.41, 5.74) is 0. The van der Waals surface area contributed by atoms with Crippen LogP contribution in [0.2, 0.25) is 0 Å². The molecule has 2 rings (SSSR count). The van der Waals surface area contributed by atoms with E-state index in [9.17, 15) is 0 Å². The van der Waals surface area contributed by atoms with Crippen molar-refractivity contribution in [1.29, 1.82) is 0 Å². The van der Waals surface area contributed by atoms with E-state index in [2.05, 4.69) is 15.9 Å². The summed E-state index contributed by atoms with van der Waals surface area (Å²) in [6.45, 7) is 3.94. The molecule has 0 fully saturated rings. The van der Waals surface area contributed by atoms with Gasteiger partial charge >= 0.3 is 0 Å². The Bertz CT molecular complexity index is 572. The van der Waals surface area contributed by atoms with Crippen LogP contribution in [-0.4, -0.2) is 19.8 Å². The number of unbranched alkanes of at least 4 members (excludes halogenated alkanes) is 1. The SMILES string of the molecule is CCOc1ccccc1OCCCCOc1ccccc1Br. The molecule has 0 aliphatic heterocycles. The van der Waals surface area contributed by atoms with Crippen molar-refractivity contribution in [2.75, 3.05) is 19.8 Å². The minimum Gasteiger partial charge on any atom is -0.492 e. The van der Waals surface area contributed by atoms with Crippen molar-refractivity contribution in [3.8, 4) is 17.2 Å². The number of benzene rings is 2. The van der Waals surface area contributed by atoms with Gasteiger partial charge in [-0.25, -0.2) is 0 Å². The Morgan fingerprint density at radius 3 is 1.82 bits per heavy atom. The van der Waals surface area contributed by atoms with E-state index in [1.54, 1.807) is 0 Å². The van der Waals surface area contributed by atoms with Crippen molar-refractivity contribution in [3.63, 3.8) is 0 Å². The number of para-hydroxylation sites is 3. The van der Waals surface area contributed by atoms with Gasteiger partial charge in [-0.15, -0.1) is 0 Å². The van der Waals surface area contributed by atoms with E-state index < -0.39 is 0 Å². The third-order valence-electron chi connectivity index (χ3n) is 3.04. The zero-order chi connectivity index (χ0) is 15.6. The Morgan fingerprint density at radius 2 is 1.23 bits per heavy atom. The fraction of sp³-hybridized carbons (Fsp3) is 0.333. The largest absolute Gasteiger partial charge is 0.492 e. The lowest BCUT2D eigenvalue weighted by Crippen LogP contribution is -2.04. The van der Waals surface area contributed by atoms with Gasteiger partial charge in [0.15, 0.2) is 11.5 Å². The molecule has 2 aromatic carbocycles. The molecule has 0 atom stereocenters. The first-order valence-corrected chi connectivity index (χ1v) is 8.32. The van der Waals surface area contributed by atoms with E-state index in [0.29, 0.717) is 19.8 Å². The number of ether oxygens (including phenoxy) is 3. The molecule has 3 nitrogen and oxygen atoms in total. The summed E-state index contributed by atoms with van der Waals surface area (Å²) in [5, 5.41) is 0. The zero-order valence-electron chi connectivity index (χ0n) is 12.8. The molecule has 0 saturated heterocycles. The molecule has 0 bridgehead atoms. The van der Waals surface area contributed by atoms with Gasteiger partial charge in [-0.3, -0.25) is 0 Å². The molecular weight excluding hydrogens is 344 g/mol. The average molecular weight is 365 g/mol. The predicted octanol–water partition coefficient (Wildman–Crippen LogP) is 5.09. The van der Waals surface area contributed by atoms with Crippen LogP contribution >= 0.6 is 15.9 Å². The van der Waals surface area contributed by atoms with Gasteiger partial charge in [0.1, 0.15) is 5.75 Å². The van der Waals surface area contributed by atoms with Crippen LogP contribution in [0.15, 0.2) is 53.0 Å². The van der Waals surface area contributed by atoms with Crippen molar-refractivity contribution < 1.29 is 14.2 Å². The molecular formula is C18H21BrO3. The summed E-state index contributed by atoms with van der Waals surface area (Å²) < 4.78 is 18.0. The van der Waals surface area contributed by atoms with Crippen LogP contribution in [0.1, 0.15) is 19.8 Å². The summed E-state index contributed by atoms with van der Waals surface area (Å²) in [6.07, 6.45) is 1.88. The lowest BCUT2D eigenvalue weighted by atomic mass is 10.3. The highest BCUT2D eigenvalue weighted by atomic mass is 79.9. The van der Waals surface area contributed by atoms with Crippen LogP contribution < -0.4 is 14.2 Å². The Hall–Kier alpha value is -1.68. The molecule has 118 valence electrons. The van der Waals surface area contributed by atoms with Crippen LogP contribution in [0.5, 0.6) is 17.2 Å². The Balaban J connectivity index is 1.66. The summed E-state index contributed by atoms with van der Waals surface area (Å²) >= 11 is 3.47. The van der Waals surface area contributed by atoms with E-state index in [4.69, 9.17) is 14.2 Å². The molecule has 0 heterocycles. The quantitative estimate of drug-likeness (QED) is 0.580. The molecule has 0 aliphatic carbocycles. The van der Waals surface area contributed by atoms with Crippen LogP contribution in [0.25, 0.3) is 0 Å². The molecule has 2 aromatic rings. The molecule has 4 heteroatoms. The molecule has 0 unspecified atom stereocenters. The maximum absolute atomic E-state index is 5.78. The van der Waals surface area contributed by atoms with E-state index in [1.807, 2.05) is 55.5 Å².